The quantitative estimate of drug-likeness (QED) is 0.313. The molecule has 0 saturated heterocycles. The Bertz CT molecular complexity index is 1190. The van der Waals surface area contributed by atoms with Crippen LogP contribution in [-0.4, -0.2) is 48.0 Å². The van der Waals surface area contributed by atoms with E-state index in [2.05, 4.69) is 67.1 Å². The minimum Gasteiger partial charge on any atom is -0.334 e. The highest BCUT2D eigenvalue weighted by Crippen LogP contribution is 2.44. The highest BCUT2D eigenvalue weighted by atomic mass is 32.1. The number of likely N-dealkylation sites (N-methyl/N-ethyl adjacent to an activating group) is 1. The van der Waals surface area contributed by atoms with Gasteiger partial charge in [0.2, 0.25) is 0 Å². The normalized spacial score (nSPS) is 20.7. The standard InChI is InChI=1S/C31H44N4O2S/c1-6-8-11-24-19-34(7-2)15-12-25(24)27(23(5)35-13-9-10-14-35)18-32-31(37)33-30-28(20-36)26-17-21(3)16-22(4)29(26)38-30/h9-10,13-14,20-22H,6-8,11-12,15-19H2,1-5H3,(H2,32,33,37)/b27-23+. The molecular formula is C31H44N4O2S. The number of hydrogen-bond donors (Lipinski definition) is 2. The van der Waals surface area contributed by atoms with Crippen molar-refractivity contribution in [1.82, 2.24) is 14.8 Å². The number of allylic oxidation sites excluding steroid dienone is 1. The molecule has 206 valence electrons. The molecule has 38 heavy (non-hydrogen) atoms. The first-order chi connectivity index (χ1) is 18.4. The Morgan fingerprint density at radius 1 is 1.21 bits per heavy atom. The Labute approximate surface area is 232 Å². The summed E-state index contributed by atoms with van der Waals surface area (Å²) in [5, 5.41) is 6.85. The van der Waals surface area contributed by atoms with Crippen LogP contribution in [0, 0.1) is 5.92 Å². The molecule has 2 aliphatic rings. The van der Waals surface area contributed by atoms with Gasteiger partial charge in [0, 0.05) is 42.6 Å². The van der Waals surface area contributed by atoms with Gasteiger partial charge in [-0.15, -0.1) is 11.3 Å². The molecule has 6 nitrogen and oxygen atoms in total. The zero-order chi connectivity index (χ0) is 27.2. The van der Waals surface area contributed by atoms with Crippen LogP contribution >= 0.6 is 11.3 Å². The van der Waals surface area contributed by atoms with Crippen molar-refractivity contribution in [2.45, 2.75) is 79.1 Å². The van der Waals surface area contributed by atoms with Crippen LogP contribution in [-0.2, 0) is 6.42 Å². The number of fused-ring (bicyclic) bond motifs is 1. The van der Waals surface area contributed by atoms with Crippen LogP contribution in [0.4, 0.5) is 9.80 Å². The number of amides is 2. The fourth-order valence-electron chi connectivity index (χ4n) is 6.09. The molecule has 4 rings (SSSR count). The van der Waals surface area contributed by atoms with Gasteiger partial charge < -0.3 is 9.88 Å². The van der Waals surface area contributed by atoms with Crippen LogP contribution in [0.25, 0.3) is 5.70 Å². The molecule has 2 unspecified atom stereocenters. The summed E-state index contributed by atoms with van der Waals surface area (Å²) >= 11 is 1.57. The van der Waals surface area contributed by atoms with E-state index in [1.54, 1.807) is 11.3 Å². The topological polar surface area (TPSA) is 66.4 Å². The van der Waals surface area contributed by atoms with Crippen molar-refractivity contribution in [1.29, 1.82) is 0 Å². The van der Waals surface area contributed by atoms with Gasteiger partial charge in [-0.2, -0.15) is 0 Å². The first-order valence-electron chi connectivity index (χ1n) is 14.3. The lowest BCUT2D eigenvalue weighted by molar-refractivity contribution is 0.112. The van der Waals surface area contributed by atoms with Crippen molar-refractivity contribution < 1.29 is 9.59 Å². The number of nitrogens with one attached hydrogen (secondary N) is 2. The third kappa shape index (κ3) is 6.32. The second-order valence-corrected chi connectivity index (χ2v) is 12.1. The molecule has 0 saturated carbocycles. The van der Waals surface area contributed by atoms with Gasteiger partial charge in [-0.25, -0.2) is 4.79 Å². The highest BCUT2D eigenvalue weighted by molar-refractivity contribution is 7.17. The van der Waals surface area contributed by atoms with E-state index in [1.807, 2.05) is 12.1 Å². The van der Waals surface area contributed by atoms with E-state index in [9.17, 15) is 9.59 Å². The summed E-state index contributed by atoms with van der Waals surface area (Å²) in [6, 6.07) is 3.82. The van der Waals surface area contributed by atoms with Gasteiger partial charge >= 0.3 is 6.03 Å². The van der Waals surface area contributed by atoms with E-state index in [0.717, 1.165) is 62.9 Å². The van der Waals surface area contributed by atoms with E-state index in [4.69, 9.17) is 0 Å². The molecule has 2 N–H and O–H groups in total. The number of carbonyl (C=O) groups excluding carboxylic acids is 2. The van der Waals surface area contributed by atoms with E-state index >= 15 is 0 Å². The van der Waals surface area contributed by atoms with E-state index in [0.29, 0.717) is 28.9 Å². The fraction of sp³-hybridized carbons (Fsp3) is 0.548. The van der Waals surface area contributed by atoms with Crippen molar-refractivity contribution in [3.8, 4) is 0 Å². The summed E-state index contributed by atoms with van der Waals surface area (Å²) in [7, 11) is 0. The monoisotopic (exact) mass is 536 g/mol. The van der Waals surface area contributed by atoms with Crippen molar-refractivity contribution in [2.24, 2.45) is 5.92 Å². The number of aromatic nitrogens is 1. The number of hydrogen-bond acceptors (Lipinski definition) is 4. The van der Waals surface area contributed by atoms with Gasteiger partial charge in [0.05, 0.1) is 5.56 Å². The predicted octanol–water partition coefficient (Wildman–Crippen LogP) is 7.31. The largest absolute Gasteiger partial charge is 0.334 e. The van der Waals surface area contributed by atoms with Gasteiger partial charge in [0.1, 0.15) is 5.00 Å². The Balaban J connectivity index is 1.58. The Hall–Kier alpha value is -2.64. The van der Waals surface area contributed by atoms with Crippen molar-refractivity contribution in [2.75, 3.05) is 31.5 Å². The van der Waals surface area contributed by atoms with Crippen LogP contribution in [0.5, 0.6) is 0 Å². The second-order valence-electron chi connectivity index (χ2n) is 11.0. The van der Waals surface area contributed by atoms with Crippen molar-refractivity contribution in [3.63, 3.8) is 0 Å². The molecule has 2 aromatic rings. The third-order valence-electron chi connectivity index (χ3n) is 8.20. The highest BCUT2D eigenvalue weighted by Gasteiger charge is 2.29. The SMILES string of the molecule is CCCCC1=C(/C(CNC(=O)Nc2sc3c(c2C=O)CC(C)CC3C)=C(\C)n2cccc2)CCN(CC)C1. The molecule has 2 aromatic heterocycles. The van der Waals surface area contributed by atoms with Gasteiger partial charge in [-0.3, -0.25) is 15.0 Å². The van der Waals surface area contributed by atoms with Gasteiger partial charge in [-0.05, 0) is 86.3 Å². The first kappa shape index (κ1) is 28.4. The zero-order valence-electron chi connectivity index (χ0n) is 23.7. The van der Waals surface area contributed by atoms with Crippen LogP contribution in [0.3, 0.4) is 0 Å². The predicted molar refractivity (Wildman–Crippen MR) is 159 cm³/mol. The summed E-state index contributed by atoms with van der Waals surface area (Å²) < 4.78 is 2.14. The maximum absolute atomic E-state index is 13.2. The van der Waals surface area contributed by atoms with Gasteiger partial charge in [-0.1, -0.05) is 39.7 Å². The van der Waals surface area contributed by atoms with Crippen LogP contribution in [0.15, 0.2) is 41.2 Å². The van der Waals surface area contributed by atoms with E-state index < -0.39 is 0 Å². The maximum atomic E-state index is 13.2. The Morgan fingerprint density at radius 2 is 1.97 bits per heavy atom. The van der Waals surface area contributed by atoms with Crippen LogP contribution in [0.2, 0.25) is 0 Å². The van der Waals surface area contributed by atoms with Crippen LogP contribution in [0.1, 0.15) is 93.4 Å². The molecule has 0 radical (unpaired) electrons. The molecule has 1 aliphatic heterocycles. The average Bonchev–Trinajstić information content (AvgIpc) is 3.56. The number of urea groups is 1. The molecular weight excluding hydrogens is 492 g/mol. The smallest absolute Gasteiger partial charge is 0.320 e. The van der Waals surface area contributed by atoms with E-state index in [-0.39, 0.29) is 6.03 Å². The number of anilines is 1. The van der Waals surface area contributed by atoms with Gasteiger partial charge in [0.25, 0.3) is 0 Å². The van der Waals surface area contributed by atoms with Crippen molar-refractivity contribution >= 4 is 34.4 Å². The lowest BCUT2D eigenvalue weighted by Gasteiger charge is -2.32. The fourth-order valence-corrected chi connectivity index (χ4v) is 7.35. The molecule has 0 bridgehead atoms. The lowest BCUT2D eigenvalue weighted by Crippen LogP contribution is -2.35. The molecule has 1 aliphatic carbocycles. The number of carbonyl (C=O) groups is 2. The Kier molecular flexibility index (Phi) is 9.66. The number of rotatable bonds is 10. The van der Waals surface area contributed by atoms with Crippen LogP contribution < -0.4 is 10.6 Å². The number of nitrogens with zero attached hydrogens (tertiary/aromatic N) is 2. The zero-order valence-corrected chi connectivity index (χ0v) is 24.5. The lowest BCUT2D eigenvalue weighted by atomic mass is 9.82. The molecule has 3 heterocycles. The summed E-state index contributed by atoms with van der Waals surface area (Å²) in [6.07, 6.45) is 11.5. The molecule has 2 atom stereocenters. The van der Waals surface area contributed by atoms with Gasteiger partial charge in [0.15, 0.2) is 6.29 Å². The summed E-state index contributed by atoms with van der Waals surface area (Å²) in [5.74, 6) is 0.962. The third-order valence-corrected chi connectivity index (χ3v) is 9.59. The molecule has 0 spiro atoms. The summed E-state index contributed by atoms with van der Waals surface area (Å²) in [4.78, 5) is 29.0. The van der Waals surface area contributed by atoms with Crippen molar-refractivity contribution in [3.05, 3.63) is 57.2 Å². The number of unbranched alkanes of at least 4 members (excludes halogenated alkanes) is 1. The average molecular weight is 537 g/mol. The maximum Gasteiger partial charge on any atom is 0.320 e. The first-order valence-corrected chi connectivity index (χ1v) is 15.1. The minimum absolute atomic E-state index is 0.257. The van der Waals surface area contributed by atoms with E-state index in [1.165, 1.54) is 34.4 Å². The Morgan fingerprint density at radius 3 is 2.66 bits per heavy atom. The number of aldehydes is 1. The molecule has 7 heteroatoms. The number of thiophene rings is 1. The summed E-state index contributed by atoms with van der Waals surface area (Å²) in [6.45, 7) is 14.6. The minimum atomic E-state index is -0.257. The molecule has 0 aromatic carbocycles. The molecule has 2 amide bonds. The summed E-state index contributed by atoms with van der Waals surface area (Å²) in [5.41, 5.74) is 7.03. The molecule has 0 fully saturated rings. The second kappa shape index (κ2) is 12.9.